The molecule has 6 heteroatoms. The molecule has 18 heavy (non-hydrogen) atoms. The van der Waals surface area contributed by atoms with Gasteiger partial charge in [-0.25, -0.2) is 0 Å². The first kappa shape index (κ1) is 13.2. The normalized spacial score (nSPS) is 10.9. The molecule has 0 amide bonds. The summed E-state index contributed by atoms with van der Waals surface area (Å²) in [5.41, 5.74) is 7.13. The predicted octanol–water partition coefficient (Wildman–Crippen LogP) is 3.21. The Hall–Kier alpha value is -1.27. The zero-order chi connectivity index (χ0) is 13.1. The molecular weight excluding hydrogens is 266 g/mol. The first-order valence-electron chi connectivity index (χ1n) is 5.72. The van der Waals surface area contributed by atoms with Crippen LogP contribution in [0.4, 0.5) is 10.8 Å². The Morgan fingerprint density at radius 1 is 1.50 bits per heavy atom. The molecule has 0 saturated carbocycles. The van der Waals surface area contributed by atoms with Gasteiger partial charge in [0.05, 0.1) is 6.10 Å². The van der Waals surface area contributed by atoms with Gasteiger partial charge in [0.2, 0.25) is 0 Å². The maximum Gasteiger partial charge on any atom is 0.198 e. The molecule has 2 aromatic heterocycles. The maximum absolute atomic E-state index is 5.85. The third kappa shape index (κ3) is 2.94. The average molecular weight is 283 g/mol. The number of nitrogens with two attached hydrogens (primary N) is 1. The lowest BCUT2D eigenvalue weighted by Gasteiger charge is -2.19. The second kappa shape index (κ2) is 5.58. The number of aromatic nitrogens is 1. The quantitative estimate of drug-likeness (QED) is 0.915. The number of thiophene rings is 1. The van der Waals surface area contributed by atoms with E-state index in [2.05, 4.69) is 26.1 Å². The largest absolute Gasteiger partial charge is 0.484 e. The van der Waals surface area contributed by atoms with Crippen molar-refractivity contribution in [2.45, 2.75) is 26.5 Å². The lowest BCUT2D eigenvalue weighted by atomic mass is 10.3. The standard InChI is InChI=1S/C12H17N3OS2/c1-8(2)16-10-11(13)14-18-12(10)15(3)6-9-4-5-17-7-9/h4-5,7-8H,6H2,1-3H3,(H2,13,14). The van der Waals surface area contributed by atoms with Crippen molar-refractivity contribution < 1.29 is 4.74 Å². The molecule has 2 aromatic rings. The minimum atomic E-state index is 0.0944. The van der Waals surface area contributed by atoms with Crippen molar-refractivity contribution >= 4 is 33.7 Å². The molecule has 98 valence electrons. The van der Waals surface area contributed by atoms with E-state index in [-0.39, 0.29) is 6.10 Å². The van der Waals surface area contributed by atoms with Gasteiger partial charge in [-0.3, -0.25) is 0 Å². The van der Waals surface area contributed by atoms with Crippen LogP contribution in [0.5, 0.6) is 5.75 Å². The third-order valence-electron chi connectivity index (χ3n) is 2.36. The summed E-state index contributed by atoms with van der Waals surface area (Å²) in [6.45, 7) is 4.80. The molecule has 0 aliphatic rings. The molecule has 0 aliphatic carbocycles. The Morgan fingerprint density at radius 3 is 2.89 bits per heavy atom. The van der Waals surface area contributed by atoms with Crippen LogP contribution in [0.1, 0.15) is 19.4 Å². The lowest BCUT2D eigenvalue weighted by Crippen LogP contribution is -2.17. The van der Waals surface area contributed by atoms with E-state index in [4.69, 9.17) is 10.5 Å². The van der Waals surface area contributed by atoms with Gasteiger partial charge in [0.15, 0.2) is 16.6 Å². The molecule has 2 rings (SSSR count). The number of nitrogen functional groups attached to an aromatic ring is 1. The summed E-state index contributed by atoms with van der Waals surface area (Å²) in [4.78, 5) is 2.12. The van der Waals surface area contributed by atoms with E-state index in [9.17, 15) is 0 Å². The van der Waals surface area contributed by atoms with Gasteiger partial charge in [0.25, 0.3) is 0 Å². The van der Waals surface area contributed by atoms with Crippen molar-refractivity contribution in [2.24, 2.45) is 0 Å². The van der Waals surface area contributed by atoms with Crippen LogP contribution in [0.15, 0.2) is 16.8 Å². The number of hydrogen-bond acceptors (Lipinski definition) is 6. The molecular formula is C12H17N3OS2. The minimum Gasteiger partial charge on any atom is -0.484 e. The van der Waals surface area contributed by atoms with Crippen LogP contribution in [-0.2, 0) is 6.54 Å². The van der Waals surface area contributed by atoms with E-state index in [1.807, 2.05) is 20.9 Å². The Kier molecular flexibility index (Phi) is 4.08. The van der Waals surface area contributed by atoms with E-state index >= 15 is 0 Å². The Labute approximate surface area is 115 Å². The summed E-state index contributed by atoms with van der Waals surface area (Å²) in [5.74, 6) is 1.17. The van der Waals surface area contributed by atoms with Gasteiger partial charge in [-0.05, 0) is 47.8 Å². The van der Waals surface area contributed by atoms with Crippen molar-refractivity contribution in [2.75, 3.05) is 17.7 Å². The highest BCUT2D eigenvalue weighted by atomic mass is 32.1. The van der Waals surface area contributed by atoms with Gasteiger partial charge in [-0.2, -0.15) is 15.7 Å². The zero-order valence-corrected chi connectivity index (χ0v) is 12.3. The van der Waals surface area contributed by atoms with Crippen molar-refractivity contribution in [3.63, 3.8) is 0 Å². The molecule has 4 nitrogen and oxygen atoms in total. The van der Waals surface area contributed by atoms with Crippen LogP contribution in [-0.4, -0.2) is 17.5 Å². The minimum absolute atomic E-state index is 0.0944. The summed E-state index contributed by atoms with van der Waals surface area (Å²) < 4.78 is 9.92. The number of rotatable bonds is 5. The summed E-state index contributed by atoms with van der Waals surface area (Å²) in [6.07, 6.45) is 0.0944. The summed E-state index contributed by atoms with van der Waals surface area (Å²) in [6, 6.07) is 2.12. The van der Waals surface area contributed by atoms with E-state index in [0.29, 0.717) is 11.6 Å². The van der Waals surface area contributed by atoms with Crippen molar-refractivity contribution in [3.8, 4) is 5.75 Å². The van der Waals surface area contributed by atoms with Gasteiger partial charge >= 0.3 is 0 Å². The first-order valence-corrected chi connectivity index (χ1v) is 7.43. The van der Waals surface area contributed by atoms with Gasteiger partial charge in [-0.15, -0.1) is 0 Å². The van der Waals surface area contributed by atoms with Gasteiger partial charge in [0.1, 0.15) is 0 Å². The van der Waals surface area contributed by atoms with Crippen LogP contribution in [0.25, 0.3) is 0 Å². The highest BCUT2D eigenvalue weighted by Crippen LogP contribution is 2.38. The Balaban J connectivity index is 2.17. The first-order chi connectivity index (χ1) is 8.58. The van der Waals surface area contributed by atoms with Gasteiger partial charge in [0, 0.05) is 13.6 Å². The zero-order valence-electron chi connectivity index (χ0n) is 10.7. The van der Waals surface area contributed by atoms with Crippen LogP contribution in [0.2, 0.25) is 0 Å². The fourth-order valence-electron chi connectivity index (χ4n) is 1.60. The number of anilines is 2. The van der Waals surface area contributed by atoms with Crippen LogP contribution >= 0.6 is 22.9 Å². The predicted molar refractivity (Wildman–Crippen MR) is 78.7 cm³/mol. The van der Waals surface area contributed by atoms with Crippen molar-refractivity contribution in [1.29, 1.82) is 0 Å². The second-order valence-electron chi connectivity index (χ2n) is 4.36. The van der Waals surface area contributed by atoms with Gasteiger partial charge < -0.3 is 15.4 Å². The number of hydrogen-bond donors (Lipinski definition) is 1. The summed E-state index contributed by atoms with van der Waals surface area (Å²) in [5, 5.41) is 5.20. The van der Waals surface area contributed by atoms with Crippen molar-refractivity contribution in [1.82, 2.24) is 4.37 Å². The maximum atomic E-state index is 5.85. The smallest absolute Gasteiger partial charge is 0.198 e. The van der Waals surface area contributed by atoms with Crippen LogP contribution in [0, 0.1) is 0 Å². The summed E-state index contributed by atoms with van der Waals surface area (Å²) >= 11 is 3.08. The van der Waals surface area contributed by atoms with E-state index in [1.54, 1.807) is 11.3 Å². The molecule has 0 spiro atoms. The fourth-order valence-corrected chi connectivity index (χ4v) is 2.97. The second-order valence-corrected chi connectivity index (χ2v) is 5.89. The molecule has 0 radical (unpaired) electrons. The molecule has 2 heterocycles. The number of ether oxygens (including phenoxy) is 1. The number of nitrogens with zero attached hydrogens (tertiary/aromatic N) is 2. The molecule has 0 bridgehead atoms. The SMILES string of the molecule is CC(C)Oc1c(N)nsc1N(C)Cc1ccsc1. The molecule has 2 N–H and O–H groups in total. The van der Waals surface area contributed by atoms with Crippen LogP contribution < -0.4 is 15.4 Å². The Bertz CT molecular complexity index is 493. The molecule has 0 aromatic carbocycles. The van der Waals surface area contributed by atoms with Crippen molar-refractivity contribution in [3.05, 3.63) is 22.4 Å². The average Bonchev–Trinajstić information content (AvgIpc) is 2.90. The van der Waals surface area contributed by atoms with E-state index < -0.39 is 0 Å². The highest BCUT2D eigenvalue weighted by molar-refractivity contribution is 7.11. The van der Waals surface area contributed by atoms with E-state index in [0.717, 1.165) is 11.5 Å². The van der Waals surface area contributed by atoms with E-state index in [1.165, 1.54) is 17.1 Å². The molecule has 0 unspecified atom stereocenters. The molecule has 0 saturated heterocycles. The summed E-state index contributed by atoms with van der Waals surface area (Å²) in [7, 11) is 2.03. The molecule has 0 aliphatic heterocycles. The van der Waals surface area contributed by atoms with Gasteiger partial charge in [-0.1, -0.05) is 0 Å². The van der Waals surface area contributed by atoms with Crippen LogP contribution in [0.3, 0.4) is 0 Å². The lowest BCUT2D eigenvalue weighted by molar-refractivity contribution is 0.245. The molecule has 0 fully saturated rings. The fraction of sp³-hybridized carbons (Fsp3) is 0.417. The topological polar surface area (TPSA) is 51.4 Å². The third-order valence-corrected chi connectivity index (χ3v) is 4.05. The highest BCUT2D eigenvalue weighted by Gasteiger charge is 2.18. The Morgan fingerprint density at radius 2 is 2.28 bits per heavy atom. The molecule has 0 atom stereocenters. The monoisotopic (exact) mass is 283 g/mol.